The van der Waals surface area contributed by atoms with Gasteiger partial charge in [-0.1, -0.05) is 33.3 Å². The van der Waals surface area contributed by atoms with E-state index < -0.39 is 0 Å². The minimum atomic E-state index is 0.203. The van der Waals surface area contributed by atoms with Gasteiger partial charge in [-0.2, -0.15) is 0 Å². The van der Waals surface area contributed by atoms with E-state index in [1.807, 2.05) is 0 Å². The average Bonchev–Trinajstić information content (AvgIpc) is 2.00. The van der Waals surface area contributed by atoms with Crippen LogP contribution >= 0.6 is 0 Å². The van der Waals surface area contributed by atoms with Crippen LogP contribution in [0.2, 0.25) is 0 Å². The zero-order valence-corrected chi connectivity index (χ0v) is 9.47. The molecule has 14 heavy (non-hydrogen) atoms. The van der Waals surface area contributed by atoms with E-state index in [9.17, 15) is 4.79 Å². The van der Waals surface area contributed by atoms with Crippen molar-refractivity contribution in [3.05, 3.63) is 12.2 Å². The summed E-state index contributed by atoms with van der Waals surface area (Å²) >= 11 is 0. The first-order valence-corrected chi connectivity index (χ1v) is 5.66. The van der Waals surface area contributed by atoms with Gasteiger partial charge in [-0.15, -0.1) is 0 Å². The van der Waals surface area contributed by atoms with Crippen molar-refractivity contribution in [2.24, 2.45) is 16.7 Å². The number of carbonyl (C=O) groups is 1. The third kappa shape index (κ3) is 1.34. The number of rotatable bonds is 0. The van der Waals surface area contributed by atoms with Gasteiger partial charge in [-0.3, -0.25) is 4.79 Å². The predicted octanol–water partition coefficient (Wildman–Crippen LogP) is 3.35. The second-order valence-corrected chi connectivity index (χ2v) is 5.94. The lowest BCUT2D eigenvalue weighted by atomic mass is 9.53. The molecule has 1 heteroatoms. The van der Waals surface area contributed by atoms with E-state index in [0.717, 1.165) is 6.42 Å². The molecule has 2 rings (SSSR count). The fourth-order valence-corrected chi connectivity index (χ4v) is 3.67. The van der Waals surface area contributed by atoms with Crippen molar-refractivity contribution in [1.82, 2.24) is 0 Å². The molecule has 1 nitrogen and oxygen atoms in total. The summed E-state index contributed by atoms with van der Waals surface area (Å²) < 4.78 is 0. The summed E-state index contributed by atoms with van der Waals surface area (Å²) in [6.07, 6.45) is 8.66. The molecule has 2 aliphatic carbocycles. The van der Waals surface area contributed by atoms with Crippen molar-refractivity contribution in [1.29, 1.82) is 0 Å². The maximum Gasteiger partial charge on any atom is 0.159 e. The highest BCUT2D eigenvalue weighted by molar-refractivity contribution is 5.93. The molecule has 2 aliphatic rings. The lowest BCUT2D eigenvalue weighted by molar-refractivity contribution is -0.132. The van der Waals surface area contributed by atoms with Crippen LogP contribution in [0.4, 0.5) is 0 Å². The van der Waals surface area contributed by atoms with Gasteiger partial charge in [0, 0.05) is 5.92 Å². The average molecular weight is 192 g/mol. The van der Waals surface area contributed by atoms with Gasteiger partial charge in [-0.25, -0.2) is 0 Å². The Morgan fingerprint density at radius 3 is 2.64 bits per heavy atom. The Hall–Kier alpha value is -0.590. The molecule has 0 N–H and O–H groups in total. The fourth-order valence-electron chi connectivity index (χ4n) is 3.67. The summed E-state index contributed by atoms with van der Waals surface area (Å²) in [5.74, 6) is 0.622. The van der Waals surface area contributed by atoms with Crippen molar-refractivity contribution in [2.45, 2.75) is 46.5 Å². The van der Waals surface area contributed by atoms with E-state index in [4.69, 9.17) is 0 Å². The monoisotopic (exact) mass is 192 g/mol. The largest absolute Gasteiger partial charge is 0.295 e. The molecule has 0 aromatic carbocycles. The van der Waals surface area contributed by atoms with E-state index in [1.165, 1.54) is 19.3 Å². The Bertz CT molecular complexity index is 288. The maximum atomic E-state index is 12.0. The number of hydrogen-bond donors (Lipinski definition) is 0. The van der Waals surface area contributed by atoms with Gasteiger partial charge in [0.25, 0.3) is 0 Å². The van der Waals surface area contributed by atoms with Crippen LogP contribution in [0.15, 0.2) is 12.2 Å². The number of allylic oxidation sites excluding steroid dienone is 2. The molecule has 2 unspecified atom stereocenters. The zero-order valence-electron chi connectivity index (χ0n) is 9.47. The summed E-state index contributed by atoms with van der Waals surface area (Å²) in [6.45, 7) is 6.80. The molecular weight excluding hydrogens is 172 g/mol. The SMILES string of the molecule is CC1(C)CCCC2(C)CC=CC(=O)C12. The van der Waals surface area contributed by atoms with Crippen LogP contribution in [-0.2, 0) is 4.79 Å². The molecule has 78 valence electrons. The first-order valence-electron chi connectivity index (χ1n) is 5.66. The summed E-state index contributed by atoms with van der Waals surface area (Å²) in [7, 11) is 0. The van der Waals surface area contributed by atoms with Crippen LogP contribution in [0.5, 0.6) is 0 Å². The Morgan fingerprint density at radius 1 is 1.29 bits per heavy atom. The van der Waals surface area contributed by atoms with E-state index >= 15 is 0 Å². The van der Waals surface area contributed by atoms with Gasteiger partial charge in [0.15, 0.2) is 5.78 Å². The third-order valence-corrected chi connectivity index (χ3v) is 4.20. The first kappa shape index (κ1) is 9.95. The highest BCUT2D eigenvalue weighted by atomic mass is 16.1. The Morgan fingerprint density at radius 2 is 2.00 bits per heavy atom. The molecule has 0 radical (unpaired) electrons. The Balaban J connectivity index is 2.40. The molecule has 0 spiro atoms. The van der Waals surface area contributed by atoms with Crippen molar-refractivity contribution in [2.75, 3.05) is 0 Å². The molecule has 1 saturated carbocycles. The van der Waals surface area contributed by atoms with Gasteiger partial charge < -0.3 is 0 Å². The Kier molecular flexibility index (Phi) is 2.09. The Labute approximate surface area is 86.6 Å². The summed E-state index contributed by atoms with van der Waals surface area (Å²) in [5, 5.41) is 0. The summed E-state index contributed by atoms with van der Waals surface area (Å²) in [4.78, 5) is 12.0. The van der Waals surface area contributed by atoms with Crippen LogP contribution < -0.4 is 0 Å². The van der Waals surface area contributed by atoms with Gasteiger partial charge >= 0.3 is 0 Å². The summed E-state index contributed by atoms with van der Waals surface area (Å²) in [5.41, 5.74) is 0.447. The molecule has 0 amide bonds. The predicted molar refractivity (Wildman–Crippen MR) is 58.0 cm³/mol. The molecular formula is C13H20O. The van der Waals surface area contributed by atoms with Crippen LogP contribution in [-0.4, -0.2) is 5.78 Å². The molecule has 0 aliphatic heterocycles. The van der Waals surface area contributed by atoms with Crippen LogP contribution in [0.3, 0.4) is 0 Å². The van der Waals surface area contributed by atoms with E-state index in [-0.39, 0.29) is 16.7 Å². The maximum absolute atomic E-state index is 12.0. The van der Waals surface area contributed by atoms with Crippen LogP contribution in [0.1, 0.15) is 46.5 Å². The van der Waals surface area contributed by atoms with Gasteiger partial charge in [-0.05, 0) is 36.2 Å². The van der Waals surface area contributed by atoms with Crippen molar-refractivity contribution >= 4 is 5.78 Å². The molecule has 0 aromatic rings. The summed E-state index contributed by atoms with van der Waals surface area (Å²) in [6, 6.07) is 0. The number of hydrogen-bond acceptors (Lipinski definition) is 1. The third-order valence-electron chi connectivity index (χ3n) is 4.20. The highest BCUT2D eigenvalue weighted by Gasteiger charge is 2.50. The molecule has 0 heterocycles. The van der Waals surface area contributed by atoms with E-state index in [1.54, 1.807) is 6.08 Å². The van der Waals surface area contributed by atoms with Crippen molar-refractivity contribution < 1.29 is 4.79 Å². The first-order chi connectivity index (χ1) is 6.46. The fraction of sp³-hybridized carbons (Fsp3) is 0.769. The van der Waals surface area contributed by atoms with Gasteiger partial charge in [0.05, 0.1) is 0 Å². The lowest BCUT2D eigenvalue weighted by Crippen LogP contribution is -2.47. The van der Waals surface area contributed by atoms with Crippen molar-refractivity contribution in [3.63, 3.8) is 0 Å². The molecule has 0 saturated heterocycles. The van der Waals surface area contributed by atoms with Crippen molar-refractivity contribution in [3.8, 4) is 0 Å². The number of ketones is 1. The normalized spacial score (nSPS) is 40.8. The number of carbonyl (C=O) groups excluding carboxylic acids is 1. The highest BCUT2D eigenvalue weighted by Crippen LogP contribution is 2.54. The zero-order chi connectivity index (χ0) is 10.4. The van der Waals surface area contributed by atoms with E-state index in [0.29, 0.717) is 5.78 Å². The number of fused-ring (bicyclic) bond motifs is 1. The topological polar surface area (TPSA) is 17.1 Å². The quantitative estimate of drug-likeness (QED) is 0.575. The van der Waals surface area contributed by atoms with Crippen LogP contribution in [0, 0.1) is 16.7 Å². The second kappa shape index (κ2) is 2.95. The smallest absolute Gasteiger partial charge is 0.159 e. The van der Waals surface area contributed by atoms with Gasteiger partial charge in [0.2, 0.25) is 0 Å². The standard InChI is InChI=1S/C13H20O/c1-12(2)7-5-9-13(3)8-4-6-10(14)11(12)13/h4,6,11H,5,7-9H2,1-3H3. The van der Waals surface area contributed by atoms with Gasteiger partial charge in [0.1, 0.15) is 0 Å². The molecule has 0 bridgehead atoms. The lowest BCUT2D eigenvalue weighted by Gasteiger charge is -2.50. The molecule has 1 fully saturated rings. The van der Waals surface area contributed by atoms with E-state index in [2.05, 4.69) is 26.8 Å². The minimum absolute atomic E-state index is 0.203. The molecule has 2 atom stereocenters. The van der Waals surface area contributed by atoms with Crippen LogP contribution in [0.25, 0.3) is 0 Å². The second-order valence-electron chi connectivity index (χ2n) is 5.94. The molecule has 0 aromatic heterocycles. The minimum Gasteiger partial charge on any atom is -0.295 e.